The normalized spacial score (nSPS) is 18.1. The molecule has 0 spiro atoms. The maximum absolute atomic E-state index is 5.92. The zero-order chi connectivity index (χ0) is 9.47. The molecule has 0 aliphatic carbocycles. The summed E-state index contributed by atoms with van der Waals surface area (Å²) < 4.78 is 5.92. The molecule has 13 heavy (non-hydrogen) atoms. The van der Waals surface area contributed by atoms with Gasteiger partial charge in [0.05, 0.1) is 0 Å². The highest BCUT2D eigenvalue weighted by atomic mass is 16.5. The molecule has 2 rings (SSSR count). The van der Waals surface area contributed by atoms with Crippen LogP contribution in [0.3, 0.4) is 0 Å². The largest absolute Gasteiger partial charge is 0.487 e. The average molecular weight is 176 g/mol. The zero-order valence-corrected chi connectivity index (χ0v) is 8.55. The summed E-state index contributed by atoms with van der Waals surface area (Å²) in [5.74, 6) is 1.13. The number of benzene rings is 1. The fraction of sp³-hybridized carbons (Fsp3) is 0.500. The minimum atomic E-state index is -0.00634. The van der Waals surface area contributed by atoms with Gasteiger partial charge in [-0.1, -0.05) is 25.1 Å². The molecule has 1 nitrogen and oxygen atoms in total. The molecule has 0 saturated heterocycles. The lowest BCUT2D eigenvalue weighted by atomic mass is 10.00. The molecule has 0 fully saturated rings. The van der Waals surface area contributed by atoms with Gasteiger partial charge in [-0.2, -0.15) is 0 Å². The highest BCUT2D eigenvalue weighted by Gasteiger charge is 2.30. The van der Waals surface area contributed by atoms with Crippen LogP contribution in [0.25, 0.3) is 0 Å². The van der Waals surface area contributed by atoms with Crippen molar-refractivity contribution in [1.82, 2.24) is 0 Å². The predicted octanol–water partition coefficient (Wildman–Crippen LogP) is 2.96. The second-order valence-corrected chi connectivity index (χ2v) is 4.30. The van der Waals surface area contributed by atoms with Crippen LogP contribution in [0.5, 0.6) is 5.75 Å². The first-order valence-electron chi connectivity index (χ1n) is 4.92. The van der Waals surface area contributed by atoms with Crippen LogP contribution in [0.4, 0.5) is 0 Å². The monoisotopic (exact) mass is 176 g/mol. The van der Waals surface area contributed by atoms with E-state index < -0.39 is 0 Å². The molecule has 1 heterocycles. The van der Waals surface area contributed by atoms with Crippen molar-refractivity contribution < 1.29 is 4.74 Å². The van der Waals surface area contributed by atoms with Crippen LogP contribution >= 0.6 is 0 Å². The molecule has 0 N–H and O–H groups in total. The Morgan fingerprint density at radius 1 is 1.38 bits per heavy atom. The molecule has 1 heteroatoms. The van der Waals surface area contributed by atoms with Crippen molar-refractivity contribution in [1.29, 1.82) is 0 Å². The number of hydrogen-bond acceptors (Lipinski definition) is 1. The zero-order valence-electron chi connectivity index (χ0n) is 8.55. The minimum absolute atomic E-state index is 0.00634. The molecule has 0 bridgehead atoms. The Hall–Kier alpha value is -0.980. The Morgan fingerprint density at radius 3 is 2.85 bits per heavy atom. The van der Waals surface area contributed by atoms with Gasteiger partial charge in [0, 0.05) is 6.42 Å². The van der Waals surface area contributed by atoms with E-state index in [4.69, 9.17) is 4.74 Å². The summed E-state index contributed by atoms with van der Waals surface area (Å²) in [5, 5.41) is 0. The fourth-order valence-electron chi connectivity index (χ4n) is 1.96. The van der Waals surface area contributed by atoms with Crippen LogP contribution in [-0.4, -0.2) is 5.60 Å². The van der Waals surface area contributed by atoms with E-state index in [9.17, 15) is 0 Å². The molecule has 0 saturated carbocycles. The van der Waals surface area contributed by atoms with Crippen molar-refractivity contribution in [2.24, 2.45) is 0 Å². The third-order valence-corrected chi connectivity index (χ3v) is 2.55. The lowest BCUT2D eigenvalue weighted by Crippen LogP contribution is -2.24. The minimum Gasteiger partial charge on any atom is -0.487 e. The lowest BCUT2D eigenvalue weighted by Gasteiger charge is -2.17. The van der Waals surface area contributed by atoms with Crippen molar-refractivity contribution in [3.63, 3.8) is 0 Å². The summed E-state index contributed by atoms with van der Waals surface area (Å²) >= 11 is 0. The van der Waals surface area contributed by atoms with Crippen LogP contribution in [0.15, 0.2) is 18.2 Å². The second kappa shape index (κ2) is 2.76. The van der Waals surface area contributed by atoms with Crippen LogP contribution in [-0.2, 0) is 12.8 Å². The van der Waals surface area contributed by atoms with Crippen LogP contribution in [0, 0.1) is 0 Å². The van der Waals surface area contributed by atoms with Gasteiger partial charge in [-0.3, -0.25) is 0 Å². The molecule has 1 aromatic carbocycles. The molecule has 0 unspecified atom stereocenters. The number of rotatable bonds is 1. The number of aryl methyl sites for hydroxylation is 1. The van der Waals surface area contributed by atoms with E-state index >= 15 is 0 Å². The predicted molar refractivity (Wildman–Crippen MR) is 54.2 cm³/mol. The maximum atomic E-state index is 5.92. The lowest BCUT2D eigenvalue weighted by molar-refractivity contribution is 0.137. The number of ether oxygens (including phenoxy) is 1. The number of para-hydroxylation sites is 1. The fourth-order valence-corrected chi connectivity index (χ4v) is 1.96. The molecule has 0 radical (unpaired) electrons. The van der Waals surface area contributed by atoms with Crippen molar-refractivity contribution in [2.45, 2.75) is 39.2 Å². The quantitative estimate of drug-likeness (QED) is 0.639. The Balaban J connectivity index is 2.45. The van der Waals surface area contributed by atoms with Gasteiger partial charge in [0.2, 0.25) is 0 Å². The van der Waals surface area contributed by atoms with E-state index in [1.807, 2.05) is 0 Å². The standard InChI is InChI=1S/C12H16O/c1-4-9-6-5-7-10-8-12(2,3)13-11(9)10/h5-7H,4,8H2,1-3H3. The summed E-state index contributed by atoms with van der Waals surface area (Å²) in [5.41, 5.74) is 2.69. The van der Waals surface area contributed by atoms with E-state index in [2.05, 4.69) is 39.0 Å². The van der Waals surface area contributed by atoms with Gasteiger partial charge in [0.15, 0.2) is 0 Å². The summed E-state index contributed by atoms with van der Waals surface area (Å²) in [4.78, 5) is 0. The van der Waals surface area contributed by atoms with Crippen molar-refractivity contribution >= 4 is 0 Å². The Kier molecular flexibility index (Phi) is 1.83. The topological polar surface area (TPSA) is 9.23 Å². The van der Waals surface area contributed by atoms with Crippen LogP contribution in [0.2, 0.25) is 0 Å². The smallest absolute Gasteiger partial charge is 0.126 e. The molecule has 1 aliphatic heterocycles. The molecule has 0 atom stereocenters. The first-order valence-corrected chi connectivity index (χ1v) is 4.92. The third-order valence-electron chi connectivity index (χ3n) is 2.55. The van der Waals surface area contributed by atoms with Crippen LogP contribution < -0.4 is 4.74 Å². The third kappa shape index (κ3) is 1.43. The Morgan fingerprint density at radius 2 is 2.15 bits per heavy atom. The Bertz CT molecular complexity index is 326. The molecule has 1 aromatic rings. The number of fused-ring (bicyclic) bond motifs is 1. The molecular formula is C12H16O. The SMILES string of the molecule is CCc1cccc2c1OC(C)(C)C2. The van der Waals surface area contributed by atoms with E-state index in [1.165, 1.54) is 11.1 Å². The highest BCUT2D eigenvalue weighted by Crippen LogP contribution is 2.37. The molecule has 0 amide bonds. The van der Waals surface area contributed by atoms with Gasteiger partial charge in [-0.25, -0.2) is 0 Å². The average Bonchev–Trinajstić information content (AvgIpc) is 2.37. The second-order valence-electron chi connectivity index (χ2n) is 4.30. The van der Waals surface area contributed by atoms with Gasteiger partial charge in [-0.05, 0) is 31.4 Å². The summed E-state index contributed by atoms with van der Waals surface area (Å²) in [6, 6.07) is 6.45. The van der Waals surface area contributed by atoms with E-state index in [-0.39, 0.29) is 5.60 Å². The van der Waals surface area contributed by atoms with Crippen molar-refractivity contribution in [2.75, 3.05) is 0 Å². The van der Waals surface area contributed by atoms with Crippen molar-refractivity contribution in [3.05, 3.63) is 29.3 Å². The van der Waals surface area contributed by atoms with Crippen molar-refractivity contribution in [3.8, 4) is 5.75 Å². The number of hydrogen-bond donors (Lipinski definition) is 0. The van der Waals surface area contributed by atoms with E-state index in [1.54, 1.807) is 0 Å². The highest BCUT2D eigenvalue weighted by molar-refractivity contribution is 5.45. The summed E-state index contributed by atoms with van der Waals surface area (Å²) in [7, 11) is 0. The molecule has 1 aliphatic rings. The Labute approximate surface area is 79.7 Å². The maximum Gasteiger partial charge on any atom is 0.126 e. The molecule has 0 aromatic heterocycles. The summed E-state index contributed by atoms with van der Waals surface area (Å²) in [6.07, 6.45) is 2.09. The van der Waals surface area contributed by atoms with E-state index in [0.717, 1.165) is 18.6 Å². The molecule has 70 valence electrons. The van der Waals surface area contributed by atoms with Gasteiger partial charge >= 0.3 is 0 Å². The van der Waals surface area contributed by atoms with Gasteiger partial charge in [0.25, 0.3) is 0 Å². The van der Waals surface area contributed by atoms with Gasteiger partial charge < -0.3 is 4.74 Å². The first kappa shape index (κ1) is 8.61. The van der Waals surface area contributed by atoms with Crippen LogP contribution in [0.1, 0.15) is 31.9 Å². The van der Waals surface area contributed by atoms with Gasteiger partial charge in [0.1, 0.15) is 11.4 Å². The summed E-state index contributed by atoms with van der Waals surface area (Å²) in [6.45, 7) is 6.46. The van der Waals surface area contributed by atoms with Gasteiger partial charge in [-0.15, -0.1) is 0 Å². The van der Waals surface area contributed by atoms with E-state index in [0.29, 0.717) is 0 Å². The molecular weight excluding hydrogens is 160 g/mol. The first-order chi connectivity index (χ1) is 6.12.